The average molecular weight is 529 g/mol. The summed E-state index contributed by atoms with van der Waals surface area (Å²) >= 11 is 0. The first-order valence-electron chi connectivity index (χ1n) is 9.61. The van der Waals surface area contributed by atoms with Crippen LogP contribution in [0.4, 0.5) is 18.9 Å². The number of benzene rings is 1. The Labute approximate surface area is 187 Å². The molecule has 1 aliphatic rings. The van der Waals surface area contributed by atoms with Gasteiger partial charge >= 0.3 is 6.18 Å². The molecule has 0 unspecified atom stereocenters. The number of anilines is 1. The first-order chi connectivity index (χ1) is 13.3. The minimum atomic E-state index is -4.17. The number of aliphatic imine (C=N–C) groups is 1. The molecule has 0 bridgehead atoms. The van der Waals surface area contributed by atoms with Crippen molar-refractivity contribution in [3.05, 3.63) is 24.3 Å². The molecule has 1 aliphatic heterocycles. The van der Waals surface area contributed by atoms with Crippen molar-refractivity contribution in [3.8, 4) is 5.75 Å². The van der Waals surface area contributed by atoms with Gasteiger partial charge in [0, 0.05) is 39.3 Å². The van der Waals surface area contributed by atoms with Gasteiger partial charge in [0.1, 0.15) is 5.75 Å². The molecule has 1 fully saturated rings. The fraction of sp³-hybridized carbons (Fsp3) is 0.632. The van der Waals surface area contributed by atoms with Gasteiger partial charge < -0.3 is 20.2 Å². The lowest BCUT2D eigenvalue weighted by Gasteiger charge is -2.37. The Kier molecular flexibility index (Phi) is 10.9. The lowest BCUT2D eigenvalue weighted by atomic mass is 10.2. The normalized spacial score (nSPS) is 15.4. The van der Waals surface area contributed by atoms with Crippen molar-refractivity contribution >= 4 is 35.6 Å². The van der Waals surface area contributed by atoms with E-state index in [1.165, 1.54) is 11.9 Å². The maximum atomic E-state index is 12.4. The van der Waals surface area contributed by atoms with E-state index in [4.69, 9.17) is 0 Å². The highest BCUT2D eigenvalue weighted by Gasteiger charge is 2.28. The number of nitrogens with zero attached hydrogens (tertiary/aromatic N) is 4. The van der Waals surface area contributed by atoms with E-state index in [1.54, 1.807) is 12.1 Å². The number of aromatic hydroxyl groups is 1. The van der Waals surface area contributed by atoms with Crippen LogP contribution in [0.5, 0.6) is 5.75 Å². The number of nitrogens with one attached hydrogen (secondary N) is 1. The van der Waals surface area contributed by atoms with Gasteiger partial charge in [-0.05, 0) is 39.1 Å². The maximum absolute atomic E-state index is 12.4. The fourth-order valence-corrected chi connectivity index (χ4v) is 3.23. The Morgan fingerprint density at radius 3 is 2.45 bits per heavy atom. The number of phenols is 1. The number of rotatable bonds is 7. The number of halogens is 4. The van der Waals surface area contributed by atoms with Crippen LogP contribution in [0.1, 0.15) is 13.3 Å². The van der Waals surface area contributed by atoms with Gasteiger partial charge in [-0.1, -0.05) is 12.1 Å². The van der Waals surface area contributed by atoms with E-state index in [0.29, 0.717) is 19.5 Å². The zero-order valence-electron chi connectivity index (χ0n) is 17.0. The maximum Gasteiger partial charge on any atom is 0.401 e. The molecule has 1 aromatic rings. The van der Waals surface area contributed by atoms with Gasteiger partial charge in [0.15, 0.2) is 5.96 Å². The van der Waals surface area contributed by atoms with Crippen LogP contribution < -0.4 is 10.2 Å². The smallest absolute Gasteiger partial charge is 0.401 e. The van der Waals surface area contributed by atoms with E-state index in [-0.39, 0.29) is 29.7 Å². The van der Waals surface area contributed by atoms with Crippen LogP contribution in [0, 0.1) is 0 Å². The minimum absolute atomic E-state index is 0. The SMILES string of the molecule is CCNC(=NCCCN(C)CC(F)(F)F)N1CCN(c2ccccc2O)CC1.I. The van der Waals surface area contributed by atoms with Gasteiger partial charge in [-0.2, -0.15) is 13.2 Å². The van der Waals surface area contributed by atoms with Crippen molar-refractivity contribution in [1.29, 1.82) is 0 Å². The Balaban J connectivity index is 0.00000420. The van der Waals surface area contributed by atoms with Crippen LogP contribution in [0.25, 0.3) is 0 Å². The number of hydrogen-bond acceptors (Lipinski definition) is 4. The third kappa shape index (κ3) is 8.85. The lowest BCUT2D eigenvalue weighted by molar-refractivity contribution is -0.143. The number of hydrogen-bond donors (Lipinski definition) is 2. The zero-order valence-corrected chi connectivity index (χ0v) is 19.3. The second kappa shape index (κ2) is 12.3. The van der Waals surface area contributed by atoms with Crippen LogP contribution in [-0.4, -0.2) is 86.4 Å². The number of guanidine groups is 1. The lowest BCUT2D eigenvalue weighted by Crippen LogP contribution is -2.52. The molecule has 166 valence electrons. The largest absolute Gasteiger partial charge is 0.506 e. The molecular weight excluding hydrogens is 498 g/mol. The summed E-state index contributed by atoms with van der Waals surface area (Å²) in [6, 6.07) is 7.30. The standard InChI is InChI=1S/C19H30F3N5O.HI/c1-3-23-18(24-9-6-10-25(2)15-19(20,21)22)27-13-11-26(12-14-27)16-7-4-5-8-17(16)28;/h4-5,7-8,28H,3,6,9-15H2,1-2H3,(H,23,24);1H. The number of alkyl halides is 3. The third-order valence-electron chi connectivity index (χ3n) is 4.55. The summed E-state index contributed by atoms with van der Waals surface area (Å²) < 4.78 is 37.1. The Morgan fingerprint density at radius 1 is 1.21 bits per heavy atom. The van der Waals surface area contributed by atoms with Crippen LogP contribution in [0.3, 0.4) is 0 Å². The predicted molar refractivity (Wildman–Crippen MR) is 121 cm³/mol. The molecular formula is C19H31F3IN5O. The summed E-state index contributed by atoms with van der Waals surface area (Å²) in [5.74, 6) is 1.07. The van der Waals surface area contributed by atoms with E-state index in [2.05, 4.69) is 20.1 Å². The van der Waals surface area contributed by atoms with Crippen LogP contribution in [-0.2, 0) is 0 Å². The molecule has 10 heteroatoms. The number of para-hydroxylation sites is 2. The summed E-state index contributed by atoms with van der Waals surface area (Å²) in [6.45, 7) is 5.69. The van der Waals surface area contributed by atoms with Crippen LogP contribution in [0.15, 0.2) is 29.3 Å². The van der Waals surface area contributed by atoms with Crippen molar-refractivity contribution in [1.82, 2.24) is 15.1 Å². The molecule has 1 heterocycles. The molecule has 0 aromatic heterocycles. The molecule has 0 spiro atoms. The molecule has 0 radical (unpaired) electrons. The van der Waals surface area contributed by atoms with Crippen molar-refractivity contribution < 1.29 is 18.3 Å². The van der Waals surface area contributed by atoms with Crippen molar-refractivity contribution in [2.75, 3.05) is 64.3 Å². The number of phenolic OH excluding ortho intramolecular Hbond substituents is 1. The Morgan fingerprint density at radius 2 is 1.86 bits per heavy atom. The highest BCUT2D eigenvalue weighted by Crippen LogP contribution is 2.27. The molecule has 2 rings (SSSR count). The number of piperazine rings is 1. The third-order valence-corrected chi connectivity index (χ3v) is 4.55. The van der Waals surface area contributed by atoms with Gasteiger partial charge in [0.2, 0.25) is 0 Å². The van der Waals surface area contributed by atoms with Crippen molar-refractivity contribution in [2.45, 2.75) is 19.5 Å². The van der Waals surface area contributed by atoms with Gasteiger partial charge in [-0.3, -0.25) is 9.89 Å². The summed E-state index contributed by atoms with van der Waals surface area (Å²) in [4.78, 5) is 10.1. The summed E-state index contributed by atoms with van der Waals surface area (Å²) in [6.07, 6.45) is -3.60. The molecule has 1 aromatic carbocycles. The summed E-state index contributed by atoms with van der Waals surface area (Å²) in [5, 5.41) is 13.3. The molecule has 1 saturated heterocycles. The first-order valence-corrected chi connectivity index (χ1v) is 9.61. The van der Waals surface area contributed by atoms with Crippen LogP contribution in [0.2, 0.25) is 0 Å². The molecule has 0 saturated carbocycles. The van der Waals surface area contributed by atoms with E-state index < -0.39 is 12.7 Å². The van der Waals surface area contributed by atoms with E-state index in [0.717, 1.165) is 44.4 Å². The molecule has 0 aliphatic carbocycles. The second-order valence-corrected chi connectivity index (χ2v) is 6.90. The molecule has 29 heavy (non-hydrogen) atoms. The van der Waals surface area contributed by atoms with Crippen molar-refractivity contribution in [3.63, 3.8) is 0 Å². The average Bonchev–Trinajstić information content (AvgIpc) is 2.63. The van der Waals surface area contributed by atoms with Gasteiger partial charge in [0.05, 0.1) is 12.2 Å². The van der Waals surface area contributed by atoms with Gasteiger partial charge in [0.25, 0.3) is 0 Å². The molecule has 0 atom stereocenters. The molecule has 2 N–H and O–H groups in total. The highest BCUT2D eigenvalue weighted by atomic mass is 127. The first kappa shape index (κ1) is 25.6. The van der Waals surface area contributed by atoms with Gasteiger partial charge in [-0.25, -0.2) is 0 Å². The predicted octanol–water partition coefficient (Wildman–Crippen LogP) is 2.98. The fourth-order valence-electron chi connectivity index (χ4n) is 3.23. The molecule has 0 amide bonds. The van der Waals surface area contributed by atoms with Gasteiger partial charge in [-0.15, -0.1) is 24.0 Å². The quantitative estimate of drug-likeness (QED) is 0.246. The Bertz CT molecular complexity index is 637. The zero-order chi connectivity index (χ0) is 20.6. The summed E-state index contributed by atoms with van der Waals surface area (Å²) in [5.41, 5.74) is 0.830. The monoisotopic (exact) mass is 529 g/mol. The van der Waals surface area contributed by atoms with E-state index >= 15 is 0 Å². The summed E-state index contributed by atoms with van der Waals surface area (Å²) in [7, 11) is 1.47. The Hall–Kier alpha value is -1.43. The topological polar surface area (TPSA) is 54.3 Å². The van der Waals surface area contributed by atoms with E-state index in [9.17, 15) is 18.3 Å². The highest BCUT2D eigenvalue weighted by molar-refractivity contribution is 14.0. The molecule has 6 nitrogen and oxygen atoms in total. The minimum Gasteiger partial charge on any atom is -0.506 e. The van der Waals surface area contributed by atoms with E-state index in [1.807, 2.05) is 19.1 Å². The van der Waals surface area contributed by atoms with Crippen LogP contribution >= 0.6 is 24.0 Å². The second-order valence-electron chi connectivity index (χ2n) is 6.90. The van der Waals surface area contributed by atoms with Crippen molar-refractivity contribution in [2.24, 2.45) is 4.99 Å².